The molecule has 26 heavy (non-hydrogen) atoms. The molecule has 0 saturated carbocycles. The van der Waals surface area contributed by atoms with Crippen molar-refractivity contribution in [1.29, 1.82) is 0 Å². The summed E-state index contributed by atoms with van der Waals surface area (Å²) >= 11 is 6.40. The second-order valence-electron chi connectivity index (χ2n) is 6.04. The smallest absolute Gasteiger partial charge is 0.326 e. The summed E-state index contributed by atoms with van der Waals surface area (Å²) in [7, 11) is 0. The van der Waals surface area contributed by atoms with Gasteiger partial charge in [0.05, 0.1) is 11.2 Å². The van der Waals surface area contributed by atoms with Crippen LogP contribution in [-0.2, 0) is 14.4 Å². The van der Waals surface area contributed by atoms with Gasteiger partial charge in [0, 0.05) is 25.6 Å². The van der Waals surface area contributed by atoms with Gasteiger partial charge in [0.25, 0.3) is 5.91 Å². The normalized spacial score (nSPS) is 22.3. The molecule has 7 nitrogen and oxygen atoms in total. The number of likely N-dealkylation sites (tertiary alicyclic amines) is 1. The van der Waals surface area contributed by atoms with Crippen LogP contribution in [0.15, 0.2) is 27.7 Å². The van der Waals surface area contributed by atoms with Crippen LogP contribution in [-0.4, -0.2) is 56.1 Å². The highest BCUT2D eigenvalue weighted by Crippen LogP contribution is 2.32. The van der Waals surface area contributed by atoms with E-state index in [1.807, 2.05) is 0 Å². The zero-order valence-electron chi connectivity index (χ0n) is 13.9. The van der Waals surface area contributed by atoms with Crippen LogP contribution in [0.1, 0.15) is 31.4 Å². The van der Waals surface area contributed by atoms with Gasteiger partial charge in [0.2, 0.25) is 5.91 Å². The fourth-order valence-corrected chi connectivity index (χ4v) is 4.32. The summed E-state index contributed by atoms with van der Waals surface area (Å²) in [6.45, 7) is 0.578. The molecule has 0 aliphatic carbocycles. The Labute approximate surface area is 160 Å². The third-order valence-electron chi connectivity index (χ3n) is 4.35. The van der Waals surface area contributed by atoms with Crippen molar-refractivity contribution in [3.05, 3.63) is 29.1 Å². The van der Waals surface area contributed by atoms with Crippen LogP contribution >= 0.6 is 24.0 Å². The fourth-order valence-electron chi connectivity index (χ4n) is 3.03. The molecule has 1 atom stereocenters. The molecular formula is C17H18N2O5S2. The maximum absolute atomic E-state index is 12.5. The Bertz CT molecular complexity index is 759. The highest BCUT2D eigenvalue weighted by Gasteiger charge is 2.35. The molecule has 1 N–H and O–H groups in total. The second kappa shape index (κ2) is 8.05. The van der Waals surface area contributed by atoms with Crippen LogP contribution in [0.5, 0.6) is 0 Å². The van der Waals surface area contributed by atoms with Gasteiger partial charge in [-0.3, -0.25) is 14.5 Å². The number of thioether (sulfide) groups is 1. The van der Waals surface area contributed by atoms with Gasteiger partial charge in [0.15, 0.2) is 0 Å². The molecule has 2 fully saturated rings. The Morgan fingerprint density at radius 3 is 2.92 bits per heavy atom. The van der Waals surface area contributed by atoms with Crippen LogP contribution in [0.4, 0.5) is 0 Å². The molecule has 2 aliphatic heterocycles. The minimum atomic E-state index is -0.981. The zero-order valence-corrected chi connectivity index (χ0v) is 15.6. The van der Waals surface area contributed by atoms with E-state index in [0.717, 1.165) is 24.6 Å². The van der Waals surface area contributed by atoms with Crippen molar-refractivity contribution in [3.63, 3.8) is 0 Å². The van der Waals surface area contributed by atoms with E-state index in [9.17, 15) is 19.5 Å². The van der Waals surface area contributed by atoms with Crippen molar-refractivity contribution < 1.29 is 23.9 Å². The van der Waals surface area contributed by atoms with E-state index in [0.29, 0.717) is 28.0 Å². The van der Waals surface area contributed by atoms with Gasteiger partial charge in [-0.05, 0) is 31.4 Å². The lowest BCUT2D eigenvalue weighted by Crippen LogP contribution is -2.48. The van der Waals surface area contributed by atoms with E-state index < -0.39 is 12.0 Å². The number of carbonyl (C=O) groups excluding carboxylic acids is 2. The maximum atomic E-state index is 12.5. The lowest BCUT2D eigenvalue weighted by Gasteiger charge is -2.33. The van der Waals surface area contributed by atoms with Gasteiger partial charge in [-0.15, -0.1) is 0 Å². The van der Waals surface area contributed by atoms with Crippen LogP contribution in [0, 0.1) is 0 Å². The molecule has 3 heterocycles. The van der Waals surface area contributed by atoms with E-state index in [1.54, 1.807) is 18.2 Å². The molecule has 138 valence electrons. The first-order valence-corrected chi connectivity index (χ1v) is 9.51. The molecule has 9 heteroatoms. The van der Waals surface area contributed by atoms with Crippen molar-refractivity contribution in [2.24, 2.45) is 0 Å². The predicted octanol–water partition coefficient (Wildman–Crippen LogP) is 2.34. The molecule has 0 radical (unpaired) electrons. The number of piperidine rings is 1. The Balaban J connectivity index is 1.62. The Morgan fingerprint density at radius 1 is 1.42 bits per heavy atom. The van der Waals surface area contributed by atoms with Gasteiger partial charge in [-0.25, -0.2) is 4.79 Å². The molecule has 3 rings (SSSR count). The second-order valence-corrected chi connectivity index (χ2v) is 7.71. The molecule has 0 spiro atoms. The minimum absolute atomic E-state index is 0.0459. The van der Waals surface area contributed by atoms with E-state index >= 15 is 0 Å². The van der Waals surface area contributed by atoms with Crippen molar-refractivity contribution in [2.75, 3.05) is 13.1 Å². The van der Waals surface area contributed by atoms with E-state index in [-0.39, 0.29) is 24.8 Å². The molecule has 0 unspecified atom stereocenters. The first kappa shape index (κ1) is 18.7. The van der Waals surface area contributed by atoms with E-state index in [4.69, 9.17) is 16.6 Å². The summed E-state index contributed by atoms with van der Waals surface area (Å²) in [5.41, 5.74) is 0. The predicted molar refractivity (Wildman–Crippen MR) is 100 cm³/mol. The SMILES string of the molecule is O=C(O)[C@@H]1CCCCN1C(=O)CCN1C(=O)/C(=C/c2ccco2)SC1=S. The molecular weight excluding hydrogens is 376 g/mol. The maximum Gasteiger partial charge on any atom is 0.326 e. The molecule has 0 bridgehead atoms. The van der Waals surface area contributed by atoms with Gasteiger partial charge >= 0.3 is 5.97 Å². The Hall–Kier alpha value is -2.13. The van der Waals surface area contributed by atoms with Crippen LogP contribution in [0.3, 0.4) is 0 Å². The Morgan fingerprint density at radius 2 is 2.23 bits per heavy atom. The third-order valence-corrected chi connectivity index (χ3v) is 5.73. The van der Waals surface area contributed by atoms with Crippen molar-refractivity contribution in [1.82, 2.24) is 9.80 Å². The molecule has 2 saturated heterocycles. The van der Waals surface area contributed by atoms with Gasteiger partial charge < -0.3 is 14.4 Å². The monoisotopic (exact) mass is 394 g/mol. The number of hydrogen-bond donors (Lipinski definition) is 1. The topological polar surface area (TPSA) is 91.1 Å². The van der Waals surface area contributed by atoms with Gasteiger partial charge in [0.1, 0.15) is 16.1 Å². The summed E-state index contributed by atoms with van der Waals surface area (Å²) in [6, 6.07) is 2.68. The fraction of sp³-hybridized carbons (Fsp3) is 0.412. The lowest BCUT2D eigenvalue weighted by molar-refractivity contribution is -0.152. The highest BCUT2D eigenvalue weighted by molar-refractivity contribution is 8.26. The highest BCUT2D eigenvalue weighted by atomic mass is 32.2. The van der Waals surface area contributed by atoms with Crippen molar-refractivity contribution >= 4 is 52.2 Å². The van der Waals surface area contributed by atoms with Crippen molar-refractivity contribution in [2.45, 2.75) is 31.7 Å². The van der Waals surface area contributed by atoms with Gasteiger partial charge in [-0.1, -0.05) is 24.0 Å². The average Bonchev–Trinajstić information content (AvgIpc) is 3.22. The number of amides is 2. The minimum Gasteiger partial charge on any atom is -0.480 e. The van der Waals surface area contributed by atoms with Crippen LogP contribution < -0.4 is 0 Å². The summed E-state index contributed by atoms with van der Waals surface area (Å²) in [5, 5.41) is 9.28. The summed E-state index contributed by atoms with van der Waals surface area (Å²) in [5.74, 6) is -0.956. The molecule has 1 aromatic heterocycles. The number of carbonyl (C=O) groups is 3. The number of hydrogen-bond acceptors (Lipinski definition) is 6. The number of rotatable bonds is 5. The van der Waals surface area contributed by atoms with Crippen LogP contribution in [0.2, 0.25) is 0 Å². The number of aliphatic carboxylic acids is 1. The molecule has 2 aliphatic rings. The average molecular weight is 394 g/mol. The first-order valence-electron chi connectivity index (χ1n) is 8.28. The molecule has 2 amide bonds. The van der Waals surface area contributed by atoms with Crippen LogP contribution in [0.25, 0.3) is 6.08 Å². The quantitative estimate of drug-likeness (QED) is 0.605. The number of thiocarbonyl (C=S) groups is 1. The molecule has 0 aromatic carbocycles. The third kappa shape index (κ3) is 3.99. The largest absolute Gasteiger partial charge is 0.480 e. The summed E-state index contributed by atoms with van der Waals surface area (Å²) in [4.78, 5) is 39.5. The Kier molecular flexibility index (Phi) is 5.77. The van der Waals surface area contributed by atoms with Gasteiger partial charge in [-0.2, -0.15) is 0 Å². The first-order chi connectivity index (χ1) is 12.5. The van der Waals surface area contributed by atoms with Crippen molar-refractivity contribution in [3.8, 4) is 0 Å². The van der Waals surface area contributed by atoms with E-state index in [2.05, 4.69) is 0 Å². The lowest BCUT2D eigenvalue weighted by atomic mass is 10.0. The number of furan rings is 1. The summed E-state index contributed by atoms with van der Waals surface area (Å²) in [6.07, 6.45) is 5.24. The van der Waals surface area contributed by atoms with E-state index in [1.165, 1.54) is 16.1 Å². The zero-order chi connectivity index (χ0) is 18.7. The number of carboxylic acids is 1. The summed E-state index contributed by atoms with van der Waals surface area (Å²) < 4.78 is 5.59. The number of nitrogens with zero attached hydrogens (tertiary/aromatic N) is 2. The molecule has 1 aromatic rings. The number of carboxylic acid groups (broad SMARTS) is 1. The standard InChI is InChI=1S/C17H18N2O5S2/c20-14(18-7-2-1-5-12(18)16(22)23)6-8-19-15(21)13(26-17(19)25)10-11-4-3-9-24-11/h3-4,9-10,12H,1-2,5-8H2,(H,22,23)/b13-10-/t12-/m0/s1.